The van der Waals surface area contributed by atoms with E-state index >= 15 is 0 Å². The van der Waals surface area contributed by atoms with Crippen molar-refractivity contribution < 1.29 is 36.9 Å². The Morgan fingerprint density at radius 2 is 1.63 bits per heavy atom. The van der Waals surface area contributed by atoms with Gasteiger partial charge in [-0.2, -0.15) is 4.31 Å². The third-order valence-corrected chi connectivity index (χ3v) is 20.6. The first-order valence-corrected chi connectivity index (χ1v) is 25.1. The van der Waals surface area contributed by atoms with Crippen molar-refractivity contribution in [3.8, 4) is 0 Å². The van der Waals surface area contributed by atoms with Crippen LogP contribution in [0.3, 0.4) is 0 Å². The fourth-order valence-corrected chi connectivity index (χ4v) is 16.3. The highest BCUT2D eigenvalue weighted by Gasteiger charge is 2.72. The first-order valence-electron chi connectivity index (χ1n) is 23.6. The van der Waals surface area contributed by atoms with Crippen molar-refractivity contribution in [2.75, 3.05) is 53.3 Å². The van der Waals surface area contributed by atoms with Crippen LogP contribution in [0.25, 0.3) is 0 Å². The first-order chi connectivity index (χ1) is 28.3. The van der Waals surface area contributed by atoms with Gasteiger partial charge in [0.1, 0.15) is 0 Å². The number of benzene rings is 1. The Hall–Kier alpha value is -1.82. The van der Waals surface area contributed by atoms with E-state index in [2.05, 4.69) is 61.5 Å². The number of hydrogen-bond acceptors (Lipinski definition) is 8. The van der Waals surface area contributed by atoms with Crippen LogP contribution in [0.4, 0.5) is 0 Å². The molecule has 6 aliphatic rings. The maximum atomic E-state index is 14.6. The molecule has 0 spiro atoms. The molecule has 11 atom stereocenters. The Morgan fingerprint density at radius 1 is 0.933 bits per heavy atom. The number of ether oxygens (including phenoxy) is 5. The van der Waals surface area contributed by atoms with Gasteiger partial charge in [0.2, 0.25) is 10.0 Å². The number of allylic oxidation sites excluding steroid dienone is 1. The number of fused-ring (bicyclic) bond motifs is 3. The van der Waals surface area contributed by atoms with Crippen LogP contribution in [0.1, 0.15) is 132 Å². The Bertz CT molecular complexity index is 1840. The van der Waals surface area contributed by atoms with Crippen LogP contribution in [0.5, 0.6) is 0 Å². The predicted molar refractivity (Wildman–Crippen MR) is 236 cm³/mol. The Morgan fingerprint density at radius 3 is 2.27 bits per heavy atom. The predicted octanol–water partition coefficient (Wildman–Crippen LogP) is 9.80. The minimum Gasteiger partial charge on any atom is -0.465 e. The SMILES string of the molecule is CCCCOC(=O)[C@@H]1[C@@](C)([C@H](C)C(C)C)CC[C@]2(C)[C@H]3CC[C@@H]4[C@@]5(COC[C@]4(C)[C@@H](OCC4(N(CC)S(=O)(=O)c6ccc(C)cc6)CCOCC4)[C@H](OC)C5)C3=CC[C@@]12C. The average molecular weight is 854 g/mol. The lowest BCUT2D eigenvalue weighted by molar-refractivity contribution is -0.272. The van der Waals surface area contributed by atoms with Gasteiger partial charge in [0, 0.05) is 37.7 Å². The van der Waals surface area contributed by atoms with Gasteiger partial charge in [0.25, 0.3) is 0 Å². The molecule has 60 heavy (non-hydrogen) atoms. The van der Waals surface area contributed by atoms with Gasteiger partial charge in [-0.3, -0.25) is 4.79 Å². The number of carbonyl (C=O) groups is 1. The number of rotatable bonds is 14. The Kier molecular flexibility index (Phi) is 13.0. The van der Waals surface area contributed by atoms with Crippen molar-refractivity contribution in [2.45, 2.75) is 156 Å². The first kappa shape index (κ1) is 46.2. The Labute approximate surface area is 363 Å². The van der Waals surface area contributed by atoms with Crippen molar-refractivity contribution in [3.63, 3.8) is 0 Å². The molecule has 2 aliphatic heterocycles. The second-order valence-corrected chi connectivity index (χ2v) is 23.4. The molecular formula is C50H79NO8S. The largest absolute Gasteiger partial charge is 0.465 e. The molecule has 10 heteroatoms. The van der Waals surface area contributed by atoms with Gasteiger partial charge in [-0.25, -0.2) is 8.42 Å². The highest BCUT2D eigenvalue weighted by molar-refractivity contribution is 7.89. The van der Waals surface area contributed by atoms with E-state index in [1.54, 1.807) is 16.4 Å². The molecule has 1 aromatic carbocycles. The summed E-state index contributed by atoms with van der Waals surface area (Å²) in [5.74, 6) is 1.30. The highest BCUT2D eigenvalue weighted by Crippen LogP contribution is 2.75. The summed E-state index contributed by atoms with van der Waals surface area (Å²) in [7, 11) is -1.99. The molecule has 0 unspecified atom stereocenters. The zero-order chi connectivity index (χ0) is 43.5. The van der Waals surface area contributed by atoms with Gasteiger partial charge in [-0.05, 0) is 117 Å². The Balaban J connectivity index is 1.22. The van der Waals surface area contributed by atoms with Crippen LogP contribution in [0.2, 0.25) is 0 Å². The summed E-state index contributed by atoms with van der Waals surface area (Å²) in [4.78, 5) is 14.9. The number of sulfonamides is 1. The van der Waals surface area contributed by atoms with E-state index in [4.69, 9.17) is 23.7 Å². The average Bonchev–Trinajstić information content (AvgIpc) is 3.21. The molecule has 7 rings (SSSR count). The van der Waals surface area contributed by atoms with Crippen molar-refractivity contribution in [1.29, 1.82) is 0 Å². The number of methoxy groups -OCH3 is 1. The fourth-order valence-electron chi connectivity index (χ4n) is 14.5. The van der Waals surface area contributed by atoms with E-state index < -0.39 is 15.6 Å². The topological polar surface area (TPSA) is 101 Å². The zero-order valence-corrected chi connectivity index (χ0v) is 39.9. The van der Waals surface area contributed by atoms with E-state index in [9.17, 15) is 13.2 Å². The zero-order valence-electron chi connectivity index (χ0n) is 39.1. The highest BCUT2D eigenvalue weighted by atomic mass is 32.2. The van der Waals surface area contributed by atoms with Gasteiger partial charge in [-0.15, -0.1) is 0 Å². The number of carbonyl (C=O) groups excluding carboxylic acids is 1. The normalized spacial score (nSPS) is 39.3. The maximum absolute atomic E-state index is 14.6. The van der Waals surface area contributed by atoms with E-state index in [1.165, 1.54) is 5.57 Å². The summed E-state index contributed by atoms with van der Waals surface area (Å²) in [6.45, 7) is 26.1. The lowest BCUT2D eigenvalue weighted by atomic mass is 9.34. The third-order valence-electron chi connectivity index (χ3n) is 18.5. The standard InChI is InChI=1S/C50H79NO8S/c1-12-14-27-58-44(52)42-45(7,36(6)34(3)4)23-24-47(9)38-19-20-41-46(8)31-57-33-50(41,39(38)21-22-48(42,47)10)30-40(55-11)43(46)59-32-49(25-28-56-29-26-49)51(13-2)60(53,54)37-17-15-35(5)16-18-37/h15-18,21,34,36,38,40-43H,12-14,19-20,22-33H2,1-11H3/t36-,38+,40-,41+,42-,43+,45-,46+,47-,48+,50+/m1/s1. The summed E-state index contributed by atoms with van der Waals surface area (Å²) >= 11 is 0. The molecule has 2 heterocycles. The van der Waals surface area contributed by atoms with E-state index in [1.807, 2.05) is 33.1 Å². The molecule has 2 bridgehead atoms. The van der Waals surface area contributed by atoms with Crippen LogP contribution in [0.15, 0.2) is 40.8 Å². The number of nitrogens with zero attached hydrogens (tertiary/aromatic N) is 1. The second kappa shape index (κ2) is 17.0. The molecule has 0 aromatic heterocycles. The van der Waals surface area contributed by atoms with Crippen LogP contribution in [-0.4, -0.2) is 89.7 Å². The smallest absolute Gasteiger partial charge is 0.310 e. The summed E-state index contributed by atoms with van der Waals surface area (Å²) < 4.78 is 63.2. The minimum atomic E-state index is -3.81. The second-order valence-electron chi connectivity index (χ2n) is 21.6. The van der Waals surface area contributed by atoms with Crippen LogP contribution >= 0.6 is 0 Å². The molecule has 1 aromatic rings. The lowest BCUT2D eigenvalue weighted by Crippen LogP contribution is -2.70. The van der Waals surface area contributed by atoms with Crippen LogP contribution in [0, 0.1) is 63.6 Å². The van der Waals surface area contributed by atoms with Crippen molar-refractivity contribution in [3.05, 3.63) is 41.5 Å². The van der Waals surface area contributed by atoms with E-state index in [-0.39, 0.29) is 57.8 Å². The molecule has 0 amide bonds. The summed E-state index contributed by atoms with van der Waals surface area (Å²) in [5.41, 5.74) is 0.732. The van der Waals surface area contributed by atoms with Gasteiger partial charge < -0.3 is 23.7 Å². The number of likely N-dealkylation sites (N-methyl/N-ethyl adjacent to an activating group) is 1. The monoisotopic (exact) mass is 854 g/mol. The lowest BCUT2D eigenvalue weighted by Gasteiger charge is -2.71. The fraction of sp³-hybridized carbons (Fsp3) is 0.820. The quantitative estimate of drug-likeness (QED) is 0.104. The maximum Gasteiger partial charge on any atom is 0.310 e. The molecule has 2 saturated heterocycles. The summed E-state index contributed by atoms with van der Waals surface area (Å²) in [5, 5.41) is 0. The molecule has 9 nitrogen and oxygen atoms in total. The molecule has 4 aliphatic carbocycles. The molecular weight excluding hydrogens is 775 g/mol. The number of aryl methyl sites for hydroxylation is 1. The number of hydrogen-bond donors (Lipinski definition) is 0. The van der Waals surface area contributed by atoms with Gasteiger partial charge in [0.05, 0.1) is 55.0 Å². The van der Waals surface area contributed by atoms with Gasteiger partial charge in [-0.1, -0.05) is 98.1 Å². The van der Waals surface area contributed by atoms with Gasteiger partial charge in [0.15, 0.2) is 0 Å². The summed E-state index contributed by atoms with van der Waals surface area (Å²) in [6.07, 6.45) is 11.0. The van der Waals surface area contributed by atoms with E-state index in [0.717, 1.165) is 56.9 Å². The molecule has 0 radical (unpaired) electrons. The molecule has 0 N–H and O–H groups in total. The summed E-state index contributed by atoms with van der Waals surface area (Å²) in [6, 6.07) is 7.18. The van der Waals surface area contributed by atoms with Crippen LogP contribution in [-0.2, 0) is 38.5 Å². The van der Waals surface area contributed by atoms with E-state index in [0.29, 0.717) is 81.0 Å². The molecule has 5 fully saturated rings. The van der Waals surface area contributed by atoms with Gasteiger partial charge >= 0.3 is 5.97 Å². The van der Waals surface area contributed by atoms with Crippen LogP contribution < -0.4 is 0 Å². The minimum absolute atomic E-state index is 0.0110. The number of unbranched alkanes of at least 4 members (excludes halogenated alkanes) is 1. The van der Waals surface area contributed by atoms with Crippen molar-refractivity contribution in [1.82, 2.24) is 4.31 Å². The third kappa shape index (κ3) is 7.10. The van der Waals surface area contributed by atoms with Crippen molar-refractivity contribution >= 4 is 16.0 Å². The van der Waals surface area contributed by atoms with Crippen molar-refractivity contribution in [2.24, 2.45) is 56.7 Å². The molecule has 338 valence electrons. The number of esters is 1. The molecule has 3 saturated carbocycles.